The molecule has 0 aliphatic rings. The van der Waals surface area contributed by atoms with Crippen molar-refractivity contribution in [3.8, 4) is 0 Å². The Balaban J connectivity index is 0.000000112. The summed E-state index contributed by atoms with van der Waals surface area (Å²) in [5, 5.41) is 1.93. The van der Waals surface area contributed by atoms with Crippen LogP contribution in [0.15, 0.2) is 38.8 Å². The average Bonchev–Trinajstić information content (AvgIpc) is 2.57. The van der Waals surface area contributed by atoms with E-state index in [1.807, 2.05) is 5.38 Å². The van der Waals surface area contributed by atoms with Crippen LogP contribution in [0.3, 0.4) is 0 Å². The molecule has 0 aliphatic carbocycles. The van der Waals surface area contributed by atoms with Crippen LogP contribution < -0.4 is 5.76 Å². The highest BCUT2D eigenvalue weighted by Gasteiger charge is 1.72. The first-order valence-corrected chi connectivity index (χ1v) is 3.78. The highest BCUT2D eigenvalue weighted by molar-refractivity contribution is 7.07. The van der Waals surface area contributed by atoms with Crippen LogP contribution in [-0.4, -0.2) is 9.97 Å². The molecule has 0 atom stereocenters. The molecule has 0 aromatic carbocycles. The Morgan fingerprint density at radius 1 is 1.64 bits per heavy atom. The fourth-order valence-corrected chi connectivity index (χ4v) is 0.759. The second kappa shape index (κ2) is 4.45. The van der Waals surface area contributed by atoms with E-state index >= 15 is 0 Å². The zero-order valence-electron chi connectivity index (χ0n) is 5.56. The van der Waals surface area contributed by atoms with Crippen LogP contribution in [0.2, 0.25) is 0 Å². The zero-order valence-corrected chi connectivity index (χ0v) is 6.38. The minimum absolute atomic E-state index is 0.407. The topological polar surface area (TPSA) is 58.9 Å². The summed E-state index contributed by atoms with van der Waals surface area (Å²) in [4.78, 5) is 15.9. The lowest BCUT2D eigenvalue weighted by Crippen LogP contribution is -1.91. The molecule has 0 radical (unpaired) electrons. The van der Waals surface area contributed by atoms with Crippen molar-refractivity contribution in [1.29, 1.82) is 0 Å². The van der Waals surface area contributed by atoms with Gasteiger partial charge in [-0.3, -0.25) is 9.97 Å². The molecule has 2 aromatic heterocycles. The van der Waals surface area contributed by atoms with Gasteiger partial charge in [-0.15, -0.1) is 11.3 Å². The SMILES string of the molecule is O=c1[nH]cco1.c1cscn1. The van der Waals surface area contributed by atoms with Crippen LogP contribution in [0.5, 0.6) is 0 Å². The second-order valence-electron chi connectivity index (χ2n) is 1.53. The predicted octanol–water partition coefficient (Wildman–Crippen LogP) is 1.11. The monoisotopic (exact) mass is 170 g/mol. The lowest BCUT2D eigenvalue weighted by atomic mass is 11.0. The third-order valence-corrected chi connectivity index (χ3v) is 1.31. The molecule has 0 spiro atoms. The van der Waals surface area contributed by atoms with Gasteiger partial charge in [0.25, 0.3) is 0 Å². The standard InChI is InChI=1S/C3H3NO2.C3H3NS/c5-3-4-1-2-6-3;1-2-5-3-4-1/h1-2H,(H,4,5);1-3H. The molecule has 0 aliphatic heterocycles. The summed E-state index contributed by atoms with van der Waals surface area (Å²) < 4.78 is 4.22. The first-order valence-electron chi connectivity index (χ1n) is 2.84. The Hall–Kier alpha value is -1.36. The molecular formula is C6H6N2O2S. The van der Waals surface area contributed by atoms with Crippen molar-refractivity contribution in [2.45, 2.75) is 0 Å². The van der Waals surface area contributed by atoms with E-state index < -0.39 is 5.76 Å². The van der Waals surface area contributed by atoms with Crippen LogP contribution >= 0.6 is 11.3 Å². The minimum atomic E-state index is -0.407. The molecule has 1 N–H and O–H groups in total. The summed E-state index contributed by atoms with van der Waals surface area (Å²) in [5.74, 6) is -0.407. The summed E-state index contributed by atoms with van der Waals surface area (Å²) in [6.07, 6.45) is 4.50. The summed E-state index contributed by atoms with van der Waals surface area (Å²) in [6, 6.07) is 0. The number of hydrogen-bond acceptors (Lipinski definition) is 4. The predicted molar refractivity (Wildman–Crippen MR) is 41.4 cm³/mol. The van der Waals surface area contributed by atoms with Crippen LogP contribution in [0.4, 0.5) is 0 Å². The third kappa shape index (κ3) is 3.36. The normalized spacial score (nSPS) is 8.36. The molecule has 11 heavy (non-hydrogen) atoms. The first kappa shape index (κ1) is 7.74. The van der Waals surface area contributed by atoms with Gasteiger partial charge >= 0.3 is 5.76 Å². The van der Waals surface area contributed by atoms with Crippen molar-refractivity contribution in [2.75, 3.05) is 0 Å². The van der Waals surface area contributed by atoms with Gasteiger partial charge in [-0.05, 0) is 0 Å². The Morgan fingerprint density at radius 3 is 2.73 bits per heavy atom. The molecular weight excluding hydrogens is 164 g/mol. The van der Waals surface area contributed by atoms with Crippen LogP contribution in [0.25, 0.3) is 0 Å². The first-order chi connectivity index (χ1) is 5.39. The number of oxazole rings is 1. The molecule has 0 amide bonds. The van der Waals surface area contributed by atoms with E-state index in [0.29, 0.717) is 0 Å². The largest absolute Gasteiger partial charge is 0.417 e. The number of nitrogens with one attached hydrogen (secondary N) is 1. The van der Waals surface area contributed by atoms with Gasteiger partial charge in [0, 0.05) is 17.8 Å². The molecule has 58 valence electrons. The summed E-state index contributed by atoms with van der Waals surface area (Å²) in [6.45, 7) is 0. The Labute approximate surface area is 66.5 Å². The quantitative estimate of drug-likeness (QED) is 0.644. The van der Waals surface area contributed by atoms with Gasteiger partial charge < -0.3 is 4.42 Å². The molecule has 2 rings (SSSR count). The summed E-state index contributed by atoms with van der Waals surface area (Å²) in [5.41, 5.74) is 1.79. The molecule has 0 unspecified atom stereocenters. The molecule has 0 bridgehead atoms. The maximum Gasteiger partial charge on any atom is 0.416 e. The fourth-order valence-electron chi connectivity index (χ4n) is 0.408. The van der Waals surface area contributed by atoms with Gasteiger partial charge in [-0.2, -0.15) is 0 Å². The zero-order chi connectivity index (χ0) is 7.94. The van der Waals surface area contributed by atoms with Gasteiger partial charge in [0.2, 0.25) is 0 Å². The van der Waals surface area contributed by atoms with Gasteiger partial charge in [-0.1, -0.05) is 0 Å². The lowest BCUT2D eigenvalue weighted by molar-refractivity contribution is 0.515. The van der Waals surface area contributed by atoms with E-state index in [0.717, 1.165) is 0 Å². The summed E-state index contributed by atoms with van der Waals surface area (Å²) >= 11 is 1.60. The molecule has 0 saturated heterocycles. The Morgan fingerprint density at radius 2 is 2.55 bits per heavy atom. The number of H-pyrrole nitrogens is 1. The van der Waals surface area contributed by atoms with E-state index in [1.165, 1.54) is 12.5 Å². The second-order valence-corrected chi connectivity index (χ2v) is 2.28. The summed E-state index contributed by atoms with van der Waals surface area (Å²) in [7, 11) is 0. The maximum atomic E-state index is 9.85. The molecule has 5 heteroatoms. The fraction of sp³-hybridized carbons (Fsp3) is 0. The van der Waals surface area contributed by atoms with Crippen molar-refractivity contribution in [3.05, 3.63) is 40.1 Å². The van der Waals surface area contributed by atoms with E-state index in [-0.39, 0.29) is 0 Å². The van der Waals surface area contributed by atoms with Crippen LogP contribution in [0, 0.1) is 0 Å². The minimum Gasteiger partial charge on any atom is -0.417 e. The number of aromatic amines is 1. The van der Waals surface area contributed by atoms with Gasteiger partial charge in [0.05, 0.1) is 5.51 Å². The number of rotatable bonds is 0. The number of aromatic nitrogens is 2. The smallest absolute Gasteiger partial charge is 0.416 e. The van der Waals surface area contributed by atoms with Crippen molar-refractivity contribution in [3.63, 3.8) is 0 Å². The van der Waals surface area contributed by atoms with E-state index in [4.69, 9.17) is 0 Å². The molecule has 2 heterocycles. The Kier molecular flexibility index (Phi) is 3.14. The van der Waals surface area contributed by atoms with Crippen LogP contribution in [0.1, 0.15) is 0 Å². The molecule has 0 saturated carbocycles. The van der Waals surface area contributed by atoms with Crippen molar-refractivity contribution >= 4 is 11.3 Å². The van der Waals surface area contributed by atoms with Crippen molar-refractivity contribution < 1.29 is 4.42 Å². The van der Waals surface area contributed by atoms with Gasteiger partial charge in [-0.25, -0.2) is 4.79 Å². The number of nitrogens with zero attached hydrogens (tertiary/aromatic N) is 1. The highest BCUT2D eigenvalue weighted by Crippen LogP contribution is 1.85. The Bertz CT molecular complexity index is 277. The van der Waals surface area contributed by atoms with Gasteiger partial charge in [0.1, 0.15) is 6.26 Å². The van der Waals surface area contributed by atoms with E-state index in [9.17, 15) is 4.79 Å². The van der Waals surface area contributed by atoms with Gasteiger partial charge in [0.15, 0.2) is 0 Å². The molecule has 4 nitrogen and oxygen atoms in total. The number of thiazole rings is 1. The lowest BCUT2D eigenvalue weighted by Gasteiger charge is -1.51. The van der Waals surface area contributed by atoms with Crippen molar-refractivity contribution in [2.24, 2.45) is 0 Å². The average molecular weight is 170 g/mol. The molecule has 2 aromatic rings. The van der Waals surface area contributed by atoms with Crippen molar-refractivity contribution in [1.82, 2.24) is 9.97 Å². The van der Waals surface area contributed by atoms with Crippen LogP contribution in [-0.2, 0) is 0 Å². The third-order valence-electron chi connectivity index (χ3n) is 0.792. The van der Waals surface area contributed by atoms with E-state index in [1.54, 1.807) is 23.0 Å². The maximum absolute atomic E-state index is 9.85. The molecule has 0 fully saturated rings. The van der Waals surface area contributed by atoms with E-state index in [2.05, 4.69) is 14.4 Å². The highest BCUT2D eigenvalue weighted by atomic mass is 32.1. The number of hydrogen-bond donors (Lipinski definition) is 1.